The minimum atomic E-state index is -0.458. The van der Waals surface area contributed by atoms with Gasteiger partial charge in [0.25, 0.3) is 0 Å². The summed E-state index contributed by atoms with van der Waals surface area (Å²) in [4.78, 5) is 20.6. The zero-order valence-electron chi connectivity index (χ0n) is 15.5. The van der Waals surface area contributed by atoms with E-state index >= 15 is 0 Å². The first-order valence-electron chi connectivity index (χ1n) is 8.78. The van der Waals surface area contributed by atoms with E-state index in [4.69, 9.17) is 9.26 Å². The van der Waals surface area contributed by atoms with Crippen LogP contribution in [0.5, 0.6) is 0 Å². The van der Waals surface area contributed by atoms with Crippen molar-refractivity contribution >= 4 is 6.09 Å². The van der Waals surface area contributed by atoms with Crippen molar-refractivity contribution in [3.05, 3.63) is 11.7 Å². The Morgan fingerprint density at radius 3 is 2.62 bits per heavy atom. The van der Waals surface area contributed by atoms with Crippen LogP contribution in [0.15, 0.2) is 4.52 Å². The van der Waals surface area contributed by atoms with Crippen molar-refractivity contribution in [2.24, 2.45) is 0 Å². The quantitative estimate of drug-likeness (QED) is 0.822. The van der Waals surface area contributed by atoms with Gasteiger partial charge in [-0.25, -0.2) is 4.79 Å². The van der Waals surface area contributed by atoms with Crippen molar-refractivity contribution in [1.29, 1.82) is 0 Å². The molecule has 24 heavy (non-hydrogen) atoms. The van der Waals surface area contributed by atoms with Gasteiger partial charge < -0.3 is 14.2 Å². The topological polar surface area (TPSA) is 71.7 Å². The van der Waals surface area contributed by atoms with Gasteiger partial charge in [0.2, 0.25) is 5.89 Å². The van der Waals surface area contributed by atoms with Crippen LogP contribution in [-0.2, 0) is 17.7 Å². The summed E-state index contributed by atoms with van der Waals surface area (Å²) in [5.41, 5.74) is -0.458. The molecule has 0 atom stereocenters. The SMILES string of the molecule is CCCc1noc(CN2CCC(N(C)C(=O)OC(C)(C)C)CC2)n1. The summed E-state index contributed by atoms with van der Waals surface area (Å²) in [7, 11) is 1.82. The Kier molecular flexibility index (Phi) is 6.21. The zero-order chi connectivity index (χ0) is 17.7. The van der Waals surface area contributed by atoms with Crippen molar-refractivity contribution < 1.29 is 14.1 Å². The van der Waals surface area contributed by atoms with Gasteiger partial charge in [-0.05, 0) is 40.0 Å². The number of likely N-dealkylation sites (tertiary alicyclic amines) is 1. The Hall–Kier alpha value is -1.63. The second-order valence-corrected chi connectivity index (χ2v) is 7.45. The lowest BCUT2D eigenvalue weighted by atomic mass is 10.0. The predicted molar refractivity (Wildman–Crippen MR) is 90.6 cm³/mol. The van der Waals surface area contributed by atoms with Crippen LogP contribution < -0.4 is 0 Å². The van der Waals surface area contributed by atoms with E-state index in [1.54, 1.807) is 4.90 Å². The Morgan fingerprint density at radius 2 is 2.04 bits per heavy atom. The summed E-state index contributed by atoms with van der Waals surface area (Å²) in [6, 6.07) is 0.217. The fourth-order valence-corrected chi connectivity index (χ4v) is 2.82. The first-order chi connectivity index (χ1) is 11.3. The van der Waals surface area contributed by atoms with Crippen LogP contribution in [0, 0.1) is 0 Å². The Balaban J connectivity index is 1.79. The molecule has 1 aliphatic heterocycles. The summed E-state index contributed by atoms with van der Waals surface area (Å²) < 4.78 is 10.7. The van der Waals surface area contributed by atoms with E-state index in [2.05, 4.69) is 22.0 Å². The minimum absolute atomic E-state index is 0.217. The molecule has 1 amide bonds. The fraction of sp³-hybridized carbons (Fsp3) is 0.824. The molecule has 0 saturated carbocycles. The van der Waals surface area contributed by atoms with Gasteiger partial charge in [0.15, 0.2) is 5.82 Å². The predicted octanol–water partition coefficient (Wildman–Crippen LogP) is 2.85. The van der Waals surface area contributed by atoms with E-state index in [1.165, 1.54) is 0 Å². The number of rotatable bonds is 5. The highest BCUT2D eigenvalue weighted by Crippen LogP contribution is 2.19. The molecular formula is C17H30N4O3. The average molecular weight is 338 g/mol. The highest BCUT2D eigenvalue weighted by molar-refractivity contribution is 5.68. The summed E-state index contributed by atoms with van der Waals surface area (Å²) in [6.45, 7) is 10.3. The molecule has 2 rings (SSSR count). The average Bonchev–Trinajstić information content (AvgIpc) is 2.93. The monoisotopic (exact) mass is 338 g/mol. The van der Waals surface area contributed by atoms with Crippen LogP contribution in [0.3, 0.4) is 0 Å². The van der Waals surface area contributed by atoms with Crippen LogP contribution >= 0.6 is 0 Å². The van der Waals surface area contributed by atoms with E-state index < -0.39 is 5.60 Å². The summed E-state index contributed by atoms with van der Waals surface area (Å²) in [6.07, 6.45) is 3.47. The molecule has 1 aliphatic rings. The van der Waals surface area contributed by atoms with E-state index in [1.807, 2.05) is 27.8 Å². The largest absolute Gasteiger partial charge is 0.444 e. The molecule has 1 saturated heterocycles. The normalized spacial score (nSPS) is 17.0. The number of hydrogen-bond donors (Lipinski definition) is 0. The Labute approximate surface area is 144 Å². The van der Waals surface area contributed by atoms with Crippen LogP contribution in [-0.4, -0.2) is 57.8 Å². The van der Waals surface area contributed by atoms with E-state index in [0.717, 1.165) is 44.6 Å². The van der Waals surface area contributed by atoms with Gasteiger partial charge in [0.1, 0.15) is 5.60 Å². The van der Waals surface area contributed by atoms with Crippen molar-refractivity contribution in [3.8, 4) is 0 Å². The second-order valence-electron chi connectivity index (χ2n) is 7.45. The van der Waals surface area contributed by atoms with Gasteiger partial charge in [0, 0.05) is 32.6 Å². The standard InChI is InChI=1S/C17H30N4O3/c1-6-7-14-18-15(24-19-14)12-21-10-8-13(9-11-21)20(5)16(22)23-17(2,3)4/h13H,6-12H2,1-5H3. The smallest absolute Gasteiger partial charge is 0.410 e. The van der Waals surface area contributed by atoms with Gasteiger partial charge in [0.05, 0.1) is 6.54 Å². The summed E-state index contributed by atoms with van der Waals surface area (Å²) in [5.74, 6) is 1.46. The lowest BCUT2D eigenvalue weighted by Crippen LogP contribution is -2.46. The van der Waals surface area contributed by atoms with Crippen LogP contribution in [0.1, 0.15) is 58.7 Å². The second kappa shape index (κ2) is 7.96. The molecule has 1 aromatic rings. The fourth-order valence-electron chi connectivity index (χ4n) is 2.82. The number of aromatic nitrogens is 2. The van der Waals surface area contributed by atoms with E-state index in [0.29, 0.717) is 12.4 Å². The Bertz CT molecular complexity index is 530. The van der Waals surface area contributed by atoms with Gasteiger partial charge in [-0.15, -0.1) is 0 Å². The first kappa shape index (κ1) is 18.7. The van der Waals surface area contributed by atoms with Gasteiger partial charge in [-0.3, -0.25) is 4.90 Å². The zero-order valence-corrected chi connectivity index (χ0v) is 15.5. The number of aryl methyl sites for hydroxylation is 1. The van der Waals surface area contributed by atoms with Gasteiger partial charge in [-0.2, -0.15) is 4.98 Å². The van der Waals surface area contributed by atoms with Crippen LogP contribution in [0.2, 0.25) is 0 Å². The molecule has 0 aromatic carbocycles. The molecule has 1 fully saturated rings. The summed E-state index contributed by atoms with van der Waals surface area (Å²) in [5, 5.41) is 3.99. The van der Waals surface area contributed by atoms with Gasteiger partial charge in [-0.1, -0.05) is 12.1 Å². The molecule has 136 valence electrons. The number of carbonyl (C=O) groups is 1. The molecule has 7 nitrogen and oxygen atoms in total. The van der Waals surface area contributed by atoms with Crippen molar-refractivity contribution in [2.75, 3.05) is 20.1 Å². The molecule has 7 heteroatoms. The molecule has 0 bridgehead atoms. The van der Waals surface area contributed by atoms with Crippen molar-refractivity contribution in [2.45, 2.75) is 71.6 Å². The minimum Gasteiger partial charge on any atom is -0.444 e. The molecule has 2 heterocycles. The number of hydrogen-bond acceptors (Lipinski definition) is 6. The highest BCUT2D eigenvalue weighted by Gasteiger charge is 2.29. The van der Waals surface area contributed by atoms with Gasteiger partial charge >= 0.3 is 6.09 Å². The third-order valence-corrected chi connectivity index (χ3v) is 4.13. The molecular weight excluding hydrogens is 308 g/mol. The van der Waals surface area contributed by atoms with Crippen LogP contribution in [0.25, 0.3) is 0 Å². The molecule has 0 radical (unpaired) electrons. The van der Waals surface area contributed by atoms with Crippen LogP contribution in [0.4, 0.5) is 4.79 Å². The highest BCUT2D eigenvalue weighted by atomic mass is 16.6. The Morgan fingerprint density at radius 1 is 1.38 bits per heavy atom. The maximum absolute atomic E-state index is 12.2. The van der Waals surface area contributed by atoms with Crippen molar-refractivity contribution in [3.63, 3.8) is 0 Å². The molecule has 0 aliphatic carbocycles. The van der Waals surface area contributed by atoms with Crippen molar-refractivity contribution in [1.82, 2.24) is 19.9 Å². The lowest BCUT2D eigenvalue weighted by molar-refractivity contribution is 0.0144. The van der Waals surface area contributed by atoms with E-state index in [9.17, 15) is 4.79 Å². The van der Waals surface area contributed by atoms with E-state index in [-0.39, 0.29) is 12.1 Å². The lowest BCUT2D eigenvalue weighted by Gasteiger charge is -2.36. The number of piperidine rings is 1. The molecule has 0 N–H and O–H groups in total. The maximum atomic E-state index is 12.2. The number of amides is 1. The molecule has 0 spiro atoms. The third-order valence-electron chi connectivity index (χ3n) is 4.13. The first-order valence-corrected chi connectivity index (χ1v) is 8.78. The number of nitrogens with zero attached hydrogens (tertiary/aromatic N) is 4. The number of carbonyl (C=O) groups excluding carboxylic acids is 1. The summed E-state index contributed by atoms with van der Waals surface area (Å²) >= 11 is 0. The number of ether oxygens (including phenoxy) is 1. The molecule has 1 aromatic heterocycles. The third kappa shape index (κ3) is 5.47. The molecule has 0 unspecified atom stereocenters. The maximum Gasteiger partial charge on any atom is 0.410 e.